The summed E-state index contributed by atoms with van der Waals surface area (Å²) >= 11 is 0. The predicted octanol–water partition coefficient (Wildman–Crippen LogP) is 3.33. The number of aryl methyl sites for hydroxylation is 1. The summed E-state index contributed by atoms with van der Waals surface area (Å²) < 4.78 is 19.0. The van der Waals surface area contributed by atoms with E-state index in [2.05, 4.69) is 15.2 Å². The molecule has 1 aromatic carbocycles. The van der Waals surface area contributed by atoms with Crippen molar-refractivity contribution in [1.29, 1.82) is 0 Å². The minimum atomic E-state index is -0.404. The Morgan fingerprint density at radius 2 is 1.97 bits per heavy atom. The average Bonchev–Trinajstić information content (AvgIpc) is 3.49. The van der Waals surface area contributed by atoms with Crippen molar-refractivity contribution in [3.05, 3.63) is 65.9 Å². The molecule has 2 aliphatic rings. The summed E-state index contributed by atoms with van der Waals surface area (Å²) in [6, 6.07) is 8.77. The summed E-state index contributed by atoms with van der Waals surface area (Å²) in [5.41, 5.74) is 1.88. The Bertz CT molecular complexity index is 1060. The Morgan fingerprint density at radius 3 is 2.67 bits per heavy atom. The number of nitrogens with zero attached hydrogens (tertiary/aromatic N) is 5. The van der Waals surface area contributed by atoms with E-state index in [-0.39, 0.29) is 17.5 Å². The number of rotatable bonds is 5. The van der Waals surface area contributed by atoms with Gasteiger partial charge in [0.05, 0.1) is 35.4 Å². The van der Waals surface area contributed by atoms with E-state index in [0.29, 0.717) is 23.7 Å². The van der Waals surface area contributed by atoms with Gasteiger partial charge in [-0.05, 0) is 50.8 Å². The number of aromatic nitrogens is 4. The lowest BCUT2D eigenvalue weighted by molar-refractivity contribution is 0.0498. The first-order valence-corrected chi connectivity index (χ1v) is 10.1. The Morgan fingerprint density at radius 1 is 1.20 bits per heavy atom. The summed E-state index contributed by atoms with van der Waals surface area (Å²) in [7, 11) is 0. The molecule has 0 spiro atoms. The lowest BCUT2D eigenvalue weighted by Gasteiger charge is -2.35. The van der Waals surface area contributed by atoms with Gasteiger partial charge in [0.1, 0.15) is 12.4 Å². The zero-order chi connectivity index (χ0) is 20.7. The quantitative estimate of drug-likeness (QED) is 0.649. The minimum absolute atomic E-state index is 0.0262. The molecule has 2 saturated heterocycles. The molecular weight excluding hydrogens is 385 g/mol. The summed E-state index contributed by atoms with van der Waals surface area (Å²) in [5, 5.41) is 8.42. The zero-order valence-corrected chi connectivity index (χ0v) is 16.7. The van der Waals surface area contributed by atoms with Crippen LogP contribution in [0.4, 0.5) is 4.39 Å². The van der Waals surface area contributed by atoms with E-state index in [1.807, 2.05) is 30.0 Å². The highest BCUT2D eigenvalue weighted by Crippen LogP contribution is 2.47. The van der Waals surface area contributed by atoms with Crippen LogP contribution >= 0.6 is 0 Å². The van der Waals surface area contributed by atoms with Crippen LogP contribution in [0.15, 0.2) is 48.9 Å². The molecule has 8 heteroatoms. The molecule has 30 heavy (non-hydrogen) atoms. The van der Waals surface area contributed by atoms with Crippen LogP contribution in [0.2, 0.25) is 0 Å². The van der Waals surface area contributed by atoms with Gasteiger partial charge < -0.3 is 9.64 Å². The summed E-state index contributed by atoms with van der Waals surface area (Å²) in [4.78, 5) is 21.2. The SMILES string of the molecule is Cc1ccc(-n2nccn2)c(C(=O)N2C3CCC2(COc2ccc(F)cn2)CC3)c1. The fourth-order valence-electron chi connectivity index (χ4n) is 4.74. The van der Waals surface area contributed by atoms with Gasteiger partial charge in [0, 0.05) is 12.1 Å². The molecule has 154 valence electrons. The Kier molecular flexibility index (Phi) is 4.49. The highest BCUT2D eigenvalue weighted by Gasteiger charge is 2.54. The van der Waals surface area contributed by atoms with Gasteiger partial charge in [-0.3, -0.25) is 4.79 Å². The highest BCUT2D eigenvalue weighted by molar-refractivity contribution is 5.99. The monoisotopic (exact) mass is 407 g/mol. The molecule has 2 bridgehead atoms. The van der Waals surface area contributed by atoms with Crippen LogP contribution in [0.25, 0.3) is 5.69 Å². The maximum absolute atomic E-state index is 13.8. The molecule has 0 saturated carbocycles. The Labute approximate surface area is 173 Å². The van der Waals surface area contributed by atoms with Crippen LogP contribution in [0, 0.1) is 12.7 Å². The molecule has 0 aliphatic carbocycles. The van der Waals surface area contributed by atoms with Crippen molar-refractivity contribution in [2.45, 2.75) is 44.2 Å². The van der Waals surface area contributed by atoms with E-state index in [9.17, 15) is 9.18 Å². The second kappa shape index (κ2) is 7.19. The van der Waals surface area contributed by atoms with Crippen molar-refractivity contribution in [2.24, 2.45) is 0 Å². The topological polar surface area (TPSA) is 73.1 Å². The van der Waals surface area contributed by atoms with Gasteiger partial charge >= 0.3 is 0 Å². The van der Waals surface area contributed by atoms with Gasteiger partial charge in [0.25, 0.3) is 5.91 Å². The van der Waals surface area contributed by atoms with Crippen LogP contribution in [0.5, 0.6) is 5.88 Å². The molecule has 4 heterocycles. The van der Waals surface area contributed by atoms with Crippen LogP contribution < -0.4 is 4.74 Å². The first kappa shape index (κ1) is 18.7. The van der Waals surface area contributed by atoms with E-state index >= 15 is 0 Å². The van der Waals surface area contributed by atoms with Crippen molar-refractivity contribution in [3.8, 4) is 11.6 Å². The summed E-state index contributed by atoms with van der Waals surface area (Å²) in [5.74, 6) is -0.0644. The average molecular weight is 407 g/mol. The van der Waals surface area contributed by atoms with Crippen molar-refractivity contribution in [1.82, 2.24) is 24.9 Å². The maximum Gasteiger partial charge on any atom is 0.256 e. The summed E-state index contributed by atoms with van der Waals surface area (Å²) in [6.07, 6.45) is 7.99. The standard InChI is InChI=1S/C22H22FN5O2/c1-15-2-4-19(28-25-10-11-26-28)18(12-15)21(29)27-17-6-8-22(27,9-7-17)14-30-20-5-3-16(23)13-24-20/h2-5,10-13,17H,6-9,14H2,1H3. The van der Waals surface area contributed by atoms with Crippen LogP contribution in [-0.4, -0.2) is 49.0 Å². The van der Waals surface area contributed by atoms with E-state index < -0.39 is 5.82 Å². The molecule has 0 atom stereocenters. The lowest BCUT2D eigenvalue weighted by atomic mass is 9.88. The van der Waals surface area contributed by atoms with Crippen LogP contribution in [0.3, 0.4) is 0 Å². The number of amides is 1. The molecular formula is C22H22FN5O2. The molecule has 7 nitrogen and oxygen atoms in total. The van der Waals surface area contributed by atoms with Gasteiger partial charge in [-0.15, -0.1) is 0 Å². The fraction of sp³-hybridized carbons (Fsp3) is 0.364. The molecule has 3 aromatic rings. The molecule has 0 unspecified atom stereocenters. The third-order valence-corrected chi connectivity index (χ3v) is 6.19. The third-order valence-electron chi connectivity index (χ3n) is 6.19. The van der Waals surface area contributed by atoms with Crippen molar-refractivity contribution < 1.29 is 13.9 Å². The van der Waals surface area contributed by atoms with Gasteiger partial charge in [-0.2, -0.15) is 15.0 Å². The number of hydrogen-bond acceptors (Lipinski definition) is 5. The number of carbonyl (C=O) groups excluding carboxylic acids is 1. The van der Waals surface area contributed by atoms with Gasteiger partial charge in [-0.1, -0.05) is 11.6 Å². The second-order valence-corrected chi connectivity index (χ2v) is 8.07. The number of halogens is 1. The molecule has 2 fully saturated rings. The predicted molar refractivity (Wildman–Crippen MR) is 107 cm³/mol. The van der Waals surface area contributed by atoms with E-state index in [0.717, 1.165) is 37.4 Å². The number of pyridine rings is 1. The third kappa shape index (κ3) is 3.12. The molecule has 2 aromatic heterocycles. The van der Waals surface area contributed by atoms with Crippen molar-refractivity contribution in [2.75, 3.05) is 6.61 Å². The molecule has 1 amide bonds. The van der Waals surface area contributed by atoms with Gasteiger partial charge in [-0.25, -0.2) is 9.37 Å². The van der Waals surface area contributed by atoms with Crippen LogP contribution in [0.1, 0.15) is 41.6 Å². The minimum Gasteiger partial charge on any atom is -0.475 e. The molecule has 0 radical (unpaired) electrons. The normalized spacial score (nSPS) is 22.5. The molecule has 0 N–H and O–H groups in total. The van der Waals surface area contributed by atoms with Crippen LogP contribution in [-0.2, 0) is 0 Å². The highest BCUT2D eigenvalue weighted by atomic mass is 19.1. The molecule has 5 rings (SSSR count). The first-order valence-electron chi connectivity index (χ1n) is 10.1. The zero-order valence-electron chi connectivity index (χ0n) is 16.7. The van der Waals surface area contributed by atoms with E-state index in [4.69, 9.17) is 4.74 Å². The Hall–Kier alpha value is -3.29. The van der Waals surface area contributed by atoms with Crippen molar-refractivity contribution >= 4 is 5.91 Å². The molecule has 2 aliphatic heterocycles. The van der Waals surface area contributed by atoms with E-state index in [1.165, 1.54) is 16.9 Å². The lowest BCUT2D eigenvalue weighted by Crippen LogP contribution is -2.49. The number of fused-ring (bicyclic) bond motifs is 2. The van der Waals surface area contributed by atoms with E-state index in [1.54, 1.807) is 12.4 Å². The number of benzene rings is 1. The fourth-order valence-corrected chi connectivity index (χ4v) is 4.74. The van der Waals surface area contributed by atoms with Gasteiger partial charge in [0.15, 0.2) is 0 Å². The van der Waals surface area contributed by atoms with Gasteiger partial charge in [0.2, 0.25) is 5.88 Å². The number of carbonyl (C=O) groups is 1. The largest absolute Gasteiger partial charge is 0.475 e. The number of ether oxygens (including phenoxy) is 1. The Balaban J connectivity index is 1.45. The van der Waals surface area contributed by atoms with Crippen molar-refractivity contribution in [3.63, 3.8) is 0 Å². The first-order chi connectivity index (χ1) is 14.6. The maximum atomic E-state index is 13.8. The summed E-state index contributed by atoms with van der Waals surface area (Å²) in [6.45, 7) is 2.31. The number of hydrogen-bond donors (Lipinski definition) is 0. The second-order valence-electron chi connectivity index (χ2n) is 8.07. The smallest absolute Gasteiger partial charge is 0.256 e.